The number of fused-ring (bicyclic) bond motifs is 2. The molecule has 3 aliphatic rings. The summed E-state index contributed by atoms with van der Waals surface area (Å²) in [4.78, 5) is 43.3. The minimum atomic E-state index is -2.91. The average molecular weight is 500 g/mol. The Balaban J connectivity index is 1.40. The molecule has 0 radical (unpaired) electrons. The number of nitriles is 1. The van der Waals surface area contributed by atoms with Gasteiger partial charge < -0.3 is 25.3 Å². The lowest BCUT2D eigenvalue weighted by atomic mass is 9.92. The number of amides is 3. The molecule has 1 aromatic carbocycles. The number of aromatic nitrogens is 1. The molecule has 2 aliphatic heterocycles. The van der Waals surface area contributed by atoms with Gasteiger partial charge in [0.1, 0.15) is 23.5 Å². The first-order chi connectivity index (χ1) is 17.2. The fourth-order valence-corrected chi connectivity index (χ4v) is 5.97. The lowest BCUT2D eigenvalue weighted by molar-refractivity contribution is -0.127. The van der Waals surface area contributed by atoms with E-state index in [-0.39, 0.29) is 24.6 Å². The number of ether oxygens (including phenoxy) is 1. The lowest BCUT2D eigenvalue weighted by Gasteiger charge is -2.28. The molecule has 11 heteroatoms. The van der Waals surface area contributed by atoms with Crippen LogP contribution in [-0.2, 0) is 9.59 Å². The maximum absolute atomic E-state index is 14.3. The van der Waals surface area contributed by atoms with Gasteiger partial charge in [-0.25, -0.2) is 8.78 Å². The van der Waals surface area contributed by atoms with Crippen LogP contribution in [0.15, 0.2) is 24.3 Å². The molecule has 9 nitrogen and oxygen atoms in total. The third kappa shape index (κ3) is 4.25. The number of likely N-dealkylation sites (tertiary alicyclic amines) is 1. The Bertz CT molecular complexity index is 1250. The molecule has 2 saturated heterocycles. The van der Waals surface area contributed by atoms with Gasteiger partial charge >= 0.3 is 0 Å². The molecule has 0 unspecified atom stereocenters. The third-order valence-electron chi connectivity index (χ3n) is 7.63. The number of benzene rings is 1. The van der Waals surface area contributed by atoms with Gasteiger partial charge in [-0.2, -0.15) is 5.26 Å². The minimum Gasteiger partial charge on any atom is -0.496 e. The molecule has 0 bridgehead atoms. The molecule has 2 aromatic rings. The first kappa shape index (κ1) is 24.0. The van der Waals surface area contributed by atoms with Gasteiger partial charge in [-0.15, -0.1) is 0 Å². The van der Waals surface area contributed by atoms with Crippen molar-refractivity contribution >= 4 is 28.6 Å². The summed E-state index contributed by atoms with van der Waals surface area (Å²) in [5.41, 5.74) is 0.891. The summed E-state index contributed by atoms with van der Waals surface area (Å²) < 4.78 is 33.9. The zero-order valence-corrected chi connectivity index (χ0v) is 19.7. The highest BCUT2D eigenvalue weighted by atomic mass is 19.3. The van der Waals surface area contributed by atoms with E-state index in [0.717, 1.165) is 0 Å². The van der Waals surface area contributed by atoms with Crippen molar-refractivity contribution in [1.82, 2.24) is 20.5 Å². The smallest absolute Gasteiger partial charge is 0.271 e. The molecule has 3 amide bonds. The second-order valence-electron chi connectivity index (χ2n) is 9.90. The van der Waals surface area contributed by atoms with Crippen LogP contribution in [0.3, 0.4) is 0 Å². The molecular weight excluding hydrogens is 472 g/mol. The van der Waals surface area contributed by atoms with E-state index in [2.05, 4.69) is 15.6 Å². The number of alkyl halides is 2. The van der Waals surface area contributed by atoms with E-state index < -0.39 is 60.4 Å². The largest absolute Gasteiger partial charge is 0.496 e. The Hall–Kier alpha value is -3.68. The van der Waals surface area contributed by atoms with Gasteiger partial charge in [0, 0.05) is 42.8 Å². The normalized spacial score (nSPS) is 27.4. The van der Waals surface area contributed by atoms with E-state index in [1.807, 2.05) is 6.07 Å². The molecule has 1 aliphatic carbocycles. The van der Waals surface area contributed by atoms with E-state index in [4.69, 9.17) is 4.74 Å². The fraction of sp³-hybridized carbons (Fsp3) is 0.520. The summed E-state index contributed by atoms with van der Waals surface area (Å²) in [6.45, 7) is 0.528. The predicted molar refractivity (Wildman–Crippen MR) is 124 cm³/mol. The van der Waals surface area contributed by atoms with Crippen molar-refractivity contribution in [2.75, 3.05) is 20.2 Å². The van der Waals surface area contributed by atoms with Crippen LogP contribution >= 0.6 is 0 Å². The SMILES string of the molecule is COc1cccc2[nH]c(C(=O)N3C[C@@H]4CC(F)(F)C[C@@H]4[C@@H]3C(=O)N[C@H](C#N)C[C@H]3CCNC3=O)cc12. The van der Waals surface area contributed by atoms with Gasteiger partial charge in [0.2, 0.25) is 17.7 Å². The molecule has 3 fully saturated rings. The Kier molecular flexibility index (Phi) is 6.06. The van der Waals surface area contributed by atoms with Crippen LogP contribution in [0.25, 0.3) is 10.9 Å². The molecule has 1 aromatic heterocycles. The standard InChI is InChI=1S/C25H27F2N5O4/c1-36-20-4-2-3-18-16(20)8-19(31-18)24(35)32-12-14-9-25(26,27)10-17(14)21(32)23(34)30-15(11-28)7-13-5-6-29-22(13)33/h2-4,8,13-15,17,21,31H,5-7,9-10,12H2,1H3,(H,29,33)(H,30,34)/t13-,14+,15+,17+,21-/m1/s1. The monoisotopic (exact) mass is 499 g/mol. The summed E-state index contributed by atoms with van der Waals surface area (Å²) in [5, 5.41) is 15.6. The highest BCUT2D eigenvalue weighted by Gasteiger charge is 2.58. The summed E-state index contributed by atoms with van der Waals surface area (Å²) in [7, 11) is 1.52. The van der Waals surface area contributed by atoms with Gasteiger partial charge in [-0.05, 0) is 42.9 Å². The molecule has 1 saturated carbocycles. The maximum Gasteiger partial charge on any atom is 0.271 e. The van der Waals surface area contributed by atoms with E-state index in [1.165, 1.54) is 12.0 Å². The molecule has 3 N–H and O–H groups in total. The number of rotatable bonds is 6. The number of hydrogen-bond donors (Lipinski definition) is 3. The first-order valence-electron chi connectivity index (χ1n) is 12.0. The Morgan fingerprint density at radius 2 is 2.17 bits per heavy atom. The van der Waals surface area contributed by atoms with Gasteiger partial charge in [-0.1, -0.05) is 6.07 Å². The van der Waals surface area contributed by atoms with E-state index in [0.29, 0.717) is 29.6 Å². The number of nitrogens with zero attached hydrogens (tertiary/aromatic N) is 2. The molecule has 0 spiro atoms. The van der Waals surface area contributed by atoms with Gasteiger partial charge in [0.05, 0.1) is 13.2 Å². The van der Waals surface area contributed by atoms with E-state index >= 15 is 0 Å². The average Bonchev–Trinajstić information content (AvgIpc) is 3.59. The molecule has 5 atom stereocenters. The molecule has 190 valence electrons. The molecule has 3 heterocycles. The molecule has 5 rings (SSSR count). The number of methoxy groups -OCH3 is 1. The van der Waals surface area contributed by atoms with Crippen molar-refractivity contribution in [3.8, 4) is 11.8 Å². The van der Waals surface area contributed by atoms with Crippen LogP contribution in [0.4, 0.5) is 8.78 Å². The van der Waals surface area contributed by atoms with Crippen LogP contribution < -0.4 is 15.4 Å². The van der Waals surface area contributed by atoms with Crippen molar-refractivity contribution in [2.24, 2.45) is 17.8 Å². The van der Waals surface area contributed by atoms with Crippen molar-refractivity contribution in [3.05, 3.63) is 30.0 Å². The van der Waals surface area contributed by atoms with Crippen LogP contribution in [0, 0.1) is 29.1 Å². The maximum atomic E-state index is 14.3. The topological polar surface area (TPSA) is 127 Å². The number of hydrogen-bond acceptors (Lipinski definition) is 5. The van der Waals surface area contributed by atoms with E-state index in [9.17, 15) is 28.4 Å². The predicted octanol–water partition coefficient (Wildman–Crippen LogP) is 2.20. The molecular formula is C25H27F2N5O4. The Labute approximate surface area is 206 Å². The zero-order chi connectivity index (χ0) is 25.6. The summed E-state index contributed by atoms with van der Waals surface area (Å²) in [6, 6.07) is 6.84. The number of H-pyrrole nitrogens is 1. The fourth-order valence-electron chi connectivity index (χ4n) is 5.97. The van der Waals surface area contributed by atoms with Crippen molar-refractivity contribution < 1.29 is 27.9 Å². The second-order valence-corrected chi connectivity index (χ2v) is 9.90. The lowest BCUT2D eigenvalue weighted by Crippen LogP contribution is -2.51. The summed E-state index contributed by atoms with van der Waals surface area (Å²) in [5.74, 6) is -5.29. The number of halogens is 2. The molecule has 36 heavy (non-hydrogen) atoms. The number of aromatic amines is 1. The van der Waals surface area contributed by atoms with E-state index in [1.54, 1.807) is 24.3 Å². The summed E-state index contributed by atoms with van der Waals surface area (Å²) >= 11 is 0. The van der Waals surface area contributed by atoms with Gasteiger partial charge in [-0.3, -0.25) is 14.4 Å². The highest BCUT2D eigenvalue weighted by molar-refractivity contribution is 6.02. The Morgan fingerprint density at radius 3 is 2.86 bits per heavy atom. The zero-order valence-electron chi connectivity index (χ0n) is 19.7. The van der Waals surface area contributed by atoms with Crippen molar-refractivity contribution in [3.63, 3.8) is 0 Å². The van der Waals surface area contributed by atoms with Crippen LogP contribution in [-0.4, -0.2) is 65.8 Å². The van der Waals surface area contributed by atoms with Crippen LogP contribution in [0.2, 0.25) is 0 Å². The van der Waals surface area contributed by atoms with Crippen LogP contribution in [0.5, 0.6) is 5.75 Å². The van der Waals surface area contributed by atoms with Gasteiger partial charge in [0.25, 0.3) is 5.91 Å². The Morgan fingerprint density at radius 1 is 1.36 bits per heavy atom. The highest BCUT2D eigenvalue weighted by Crippen LogP contribution is 2.50. The summed E-state index contributed by atoms with van der Waals surface area (Å²) in [6.07, 6.45) is -0.208. The van der Waals surface area contributed by atoms with Crippen molar-refractivity contribution in [1.29, 1.82) is 5.26 Å². The second kappa shape index (κ2) is 9.08. The van der Waals surface area contributed by atoms with Crippen LogP contribution in [0.1, 0.15) is 36.2 Å². The number of carbonyl (C=O) groups is 3. The number of nitrogens with one attached hydrogen (secondary N) is 3. The van der Waals surface area contributed by atoms with Crippen molar-refractivity contribution in [2.45, 2.75) is 43.7 Å². The quantitative estimate of drug-likeness (QED) is 0.562. The number of carbonyl (C=O) groups excluding carboxylic acids is 3. The van der Waals surface area contributed by atoms with Gasteiger partial charge in [0.15, 0.2) is 0 Å². The minimum absolute atomic E-state index is 0.0198. The third-order valence-corrected chi connectivity index (χ3v) is 7.63. The first-order valence-corrected chi connectivity index (χ1v) is 12.0.